The Kier molecular flexibility index (Phi) is 6.95. The van der Waals surface area contributed by atoms with Gasteiger partial charge in [-0.25, -0.2) is 0 Å². The average molecular weight is 291 g/mol. The van der Waals surface area contributed by atoms with Crippen LogP contribution in [0.4, 0.5) is 0 Å². The highest BCUT2D eigenvalue weighted by atomic mass is 32.2. The van der Waals surface area contributed by atoms with Crippen molar-refractivity contribution < 1.29 is 13.5 Å². The van der Waals surface area contributed by atoms with Gasteiger partial charge in [0.15, 0.2) is 0 Å². The van der Waals surface area contributed by atoms with Gasteiger partial charge in [-0.15, -0.1) is 6.58 Å². The zero-order valence-corrected chi connectivity index (χ0v) is 12.4. The quantitative estimate of drug-likeness (QED) is 0.599. The molecule has 6 nitrogen and oxygen atoms in total. The van der Waals surface area contributed by atoms with Crippen LogP contribution in [0.25, 0.3) is 0 Å². The Morgan fingerprint density at radius 1 is 1.47 bits per heavy atom. The molecule has 2 N–H and O–H groups in total. The topological polar surface area (TPSA) is 72.9 Å². The fourth-order valence-corrected chi connectivity index (χ4v) is 3.96. The summed E-state index contributed by atoms with van der Waals surface area (Å²) in [6, 6.07) is 0. The Labute approximate surface area is 116 Å². The van der Waals surface area contributed by atoms with Gasteiger partial charge in [-0.05, 0) is 32.4 Å². The second-order valence-corrected chi connectivity index (χ2v) is 6.71. The van der Waals surface area contributed by atoms with Gasteiger partial charge in [0.1, 0.15) is 0 Å². The molecule has 1 saturated heterocycles. The number of aliphatic hydroxyl groups excluding tert-OH is 1. The second-order valence-electron chi connectivity index (χ2n) is 4.78. The van der Waals surface area contributed by atoms with Crippen molar-refractivity contribution in [1.82, 2.24) is 13.9 Å². The summed E-state index contributed by atoms with van der Waals surface area (Å²) in [5, 5.41) is 12.1. The molecule has 7 heteroatoms. The third-order valence-corrected chi connectivity index (χ3v) is 5.40. The first-order valence-corrected chi connectivity index (χ1v) is 8.07. The number of hydrogen-bond acceptors (Lipinski definition) is 4. The van der Waals surface area contributed by atoms with Crippen molar-refractivity contribution in [2.45, 2.75) is 12.8 Å². The van der Waals surface area contributed by atoms with E-state index in [-0.39, 0.29) is 19.7 Å². The summed E-state index contributed by atoms with van der Waals surface area (Å²) < 4.78 is 27.6. The standard InChI is InChI=1S/C12H25N3O3S/c1-3-6-14(9-10-16)19(17,18)15-7-4-12(5-8-15)11-13-2/h3,12-13,16H,1,4-11H2,2H3. The Hall–Kier alpha value is -0.470. The van der Waals surface area contributed by atoms with E-state index in [4.69, 9.17) is 5.11 Å². The van der Waals surface area contributed by atoms with E-state index in [1.165, 1.54) is 8.61 Å². The van der Waals surface area contributed by atoms with Gasteiger partial charge < -0.3 is 10.4 Å². The minimum atomic E-state index is -3.47. The van der Waals surface area contributed by atoms with E-state index < -0.39 is 10.2 Å². The lowest BCUT2D eigenvalue weighted by atomic mass is 9.98. The highest BCUT2D eigenvalue weighted by Gasteiger charge is 2.31. The van der Waals surface area contributed by atoms with E-state index in [9.17, 15) is 8.42 Å². The molecular weight excluding hydrogens is 266 g/mol. The Bertz CT molecular complexity index is 364. The van der Waals surface area contributed by atoms with Crippen LogP contribution in [0.3, 0.4) is 0 Å². The molecule has 0 saturated carbocycles. The van der Waals surface area contributed by atoms with E-state index in [0.717, 1.165) is 19.4 Å². The molecule has 0 aromatic carbocycles. The van der Waals surface area contributed by atoms with Crippen LogP contribution in [0.1, 0.15) is 12.8 Å². The summed E-state index contributed by atoms with van der Waals surface area (Å²) >= 11 is 0. The van der Waals surface area contributed by atoms with Gasteiger partial charge in [-0.2, -0.15) is 17.0 Å². The minimum Gasteiger partial charge on any atom is -0.395 e. The molecule has 1 rings (SSSR count). The third kappa shape index (κ3) is 4.54. The van der Waals surface area contributed by atoms with Crippen LogP contribution in [-0.4, -0.2) is 68.5 Å². The summed E-state index contributed by atoms with van der Waals surface area (Å²) in [6.07, 6.45) is 3.29. The van der Waals surface area contributed by atoms with Crippen molar-refractivity contribution in [2.75, 3.05) is 46.4 Å². The van der Waals surface area contributed by atoms with Crippen molar-refractivity contribution in [2.24, 2.45) is 5.92 Å². The smallest absolute Gasteiger partial charge is 0.282 e. The minimum absolute atomic E-state index is 0.116. The summed E-state index contributed by atoms with van der Waals surface area (Å²) in [4.78, 5) is 0. The molecular formula is C12H25N3O3S. The molecule has 1 heterocycles. The molecule has 19 heavy (non-hydrogen) atoms. The Balaban J connectivity index is 2.64. The van der Waals surface area contributed by atoms with E-state index in [1.807, 2.05) is 7.05 Å². The highest BCUT2D eigenvalue weighted by Crippen LogP contribution is 2.20. The number of hydrogen-bond donors (Lipinski definition) is 2. The Morgan fingerprint density at radius 3 is 2.58 bits per heavy atom. The summed E-state index contributed by atoms with van der Waals surface area (Å²) in [6.45, 7) is 5.77. The number of piperidine rings is 1. The van der Waals surface area contributed by atoms with Crippen molar-refractivity contribution in [3.63, 3.8) is 0 Å². The molecule has 0 radical (unpaired) electrons. The number of nitrogens with one attached hydrogen (secondary N) is 1. The maximum absolute atomic E-state index is 12.4. The number of aliphatic hydroxyl groups is 1. The maximum Gasteiger partial charge on any atom is 0.282 e. The maximum atomic E-state index is 12.4. The third-order valence-electron chi connectivity index (χ3n) is 3.40. The monoisotopic (exact) mass is 291 g/mol. The van der Waals surface area contributed by atoms with Gasteiger partial charge in [-0.1, -0.05) is 6.08 Å². The normalized spacial score (nSPS) is 18.9. The zero-order valence-electron chi connectivity index (χ0n) is 11.6. The van der Waals surface area contributed by atoms with Crippen LogP contribution in [0.2, 0.25) is 0 Å². The van der Waals surface area contributed by atoms with Crippen molar-refractivity contribution in [3.05, 3.63) is 12.7 Å². The van der Waals surface area contributed by atoms with Crippen molar-refractivity contribution >= 4 is 10.2 Å². The van der Waals surface area contributed by atoms with Gasteiger partial charge in [-0.3, -0.25) is 0 Å². The first kappa shape index (κ1) is 16.6. The van der Waals surface area contributed by atoms with Gasteiger partial charge >= 0.3 is 0 Å². The summed E-state index contributed by atoms with van der Waals surface area (Å²) in [7, 11) is -1.56. The van der Waals surface area contributed by atoms with Gasteiger partial charge in [0, 0.05) is 26.2 Å². The molecule has 1 fully saturated rings. The number of nitrogens with zero attached hydrogens (tertiary/aromatic N) is 2. The predicted molar refractivity (Wildman–Crippen MR) is 76.0 cm³/mol. The lowest BCUT2D eigenvalue weighted by molar-refractivity contribution is 0.231. The summed E-state index contributed by atoms with van der Waals surface area (Å²) in [5.74, 6) is 0.544. The fraction of sp³-hybridized carbons (Fsp3) is 0.833. The van der Waals surface area contributed by atoms with Crippen LogP contribution in [0.5, 0.6) is 0 Å². The molecule has 112 valence electrons. The molecule has 1 aliphatic heterocycles. The van der Waals surface area contributed by atoms with Gasteiger partial charge in [0.2, 0.25) is 0 Å². The molecule has 1 aliphatic rings. The molecule has 0 unspecified atom stereocenters. The lowest BCUT2D eigenvalue weighted by Gasteiger charge is -2.34. The van der Waals surface area contributed by atoms with Crippen LogP contribution in [0.15, 0.2) is 12.7 Å². The SMILES string of the molecule is C=CCN(CCO)S(=O)(=O)N1CCC(CNC)CC1. The largest absolute Gasteiger partial charge is 0.395 e. The first-order valence-electron chi connectivity index (χ1n) is 6.67. The zero-order chi connectivity index (χ0) is 14.3. The Morgan fingerprint density at radius 2 is 2.11 bits per heavy atom. The lowest BCUT2D eigenvalue weighted by Crippen LogP contribution is -2.48. The van der Waals surface area contributed by atoms with E-state index in [2.05, 4.69) is 11.9 Å². The van der Waals surface area contributed by atoms with Crippen LogP contribution < -0.4 is 5.32 Å². The van der Waals surface area contributed by atoms with Crippen LogP contribution >= 0.6 is 0 Å². The molecule has 0 atom stereocenters. The van der Waals surface area contributed by atoms with E-state index in [1.54, 1.807) is 6.08 Å². The van der Waals surface area contributed by atoms with Crippen molar-refractivity contribution in [1.29, 1.82) is 0 Å². The summed E-state index contributed by atoms with van der Waals surface area (Å²) in [5.41, 5.74) is 0. The molecule has 0 spiro atoms. The van der Waals surface area contributed by atoms with Crippen LogP contribution in [-0.2, 0) is 10.2 Å². The van der Waals surface area contributed by atoms with Crippen molar-refractivity contribution in [3.8, 4) is 0 Å². The molecule has 0 aromatic rings. The van der Waals surface area contributed by atoms with E-state index in [0.29, 0.717) is 19.0 Å². The molecule has 0 bridgehead atoms. The van der Waals surface area contributed by atoms with Gasteiger partial charge in [0.05, 0.1) is 6.61 Å². The molecule has 0 aromatic heterocycles. The molecule has 0 aliphatic carbocycles. The fourth-order valence-electron chi connectivity index (χ4n) is 2.35. The van der Waals surface area contributed by atoms with Gasteiger partial charge in [0.25, 0.3) is 10.2 Å². The highest BCUT2D eigenvalue weighted by molar-refractivity contribution is 7.86. The second kappa shape index (κ2) is 7.96. The number of rotatable bonds is 8. The predicted octanol–water partition coefficient (Wildman–Crippen LogP) is -0.357. The van der Waals surface area contributed by atoms with E-state index >= 15 is 0 Å². The van der Waals surface area contributed by atoms with Crippen LogP contribution in [0, 0.1) is 5.92 Å². The average Bonchev–Trinajstić information content (AvgIpc) is 2.39. The first-order chi connectivity index (χ1) is 9.06. The molecule has 0 amide bonds.